The Kier molecular flexibility index (Phi) is 9.33. The summed E-state index contributed by atoms with van der Waals surface area (Å²) >= 11 is 0. The number of carbonyl (C=O) groups is 2. The molecule has 3 rings (SSSR count). The van der Waals surface area contributed by atoms with Gasteiger partial charge in [-0.1, -0.05) is 54.6 Å². The van der Waals surface area contributed by atoms with Crippen LogP contribution in [0.15, 0.2) is 72.8 Å². The van der Waals surface area contributed by atoms with E-state index in [0.29, 0.717) is 41.7 Å². The van der Waals surface area contributed by atoms with Crippen LogP contribution in [0.1, 0.15) is 21.5 Å². The van der Waals surface area contributed by atoms with E-state index in [0.717, 1.165) is 11.1 Å². The smallest absolute Gasteiger partial charge is 0.341 e. The van der Waals surface area contributed by atoms with Gasteiger partial charge in [-0.15, -0.1) is 0 Å². The van der Waals surface area contributed by atoms with Crippen molar-refractivity contribution < 1.29 is 33.6 Å². The largest absolute Gasteiger partial charge is 0.493 e. The first-order chi connectivity index (χ1) is 17.4. The zero-order valence-corrected chi connectivity index (χ0v) is 20.5. The average molecular weight is 492 g/mol. The zero-order valence-electron chi connectivity index (χ0n) is 20.5. The number of carboxylic acids is 1. The lowest BCUT2D eigenvalue weighted by atomic mass is 10.1. The van der Waals surface area contributed by atoms with E-state index in [4.69, 9.17) is 24.1 Å². The molecule has 0 atom stereocenters. The molecule has 0 aromatic heterocycles. The Hall–Kier alpha value is -4.46. The van der Waals surface area contributed by atoms with Crippen LogP contribution >= 0.6 is 0 Å². The molecule has 36 heavy (non-hydrogen) atoms. The lowest BCUT2D eigenvalue weighted by Crippen LogP contribution is -2.30. The molecule has 0 bridgehead atoms. The van der Waals surface area contributed by atoms with E-state index in [9.17, 15) is 9.59 Å². The predicted octanol–water partition coefficient (Wildman–Crippen LogP) is 4.53. The standard InChI is InChI=1S/C28H29NO7/c1-33-24-16-22(17-25(34-2)27(24)35-3)28(32)29(15-7-10-20-8-5-4-6-9-20)18-21-11-13-23(14-12-21)36-19-26(30)31/h4-14,16-17H,15,18-19H2,1-3H3,(H,30,31). The molecule has 8 nitrogen and oxygen atoms in total. The number of benzene rings is 3. The van der Waals surface area contributed by atoms with E-state index in [2.05, 4.69) is 0 Å². The molecule has 0 fully saturated rings. The molecular weight excluding hydrogens is 462 g/mol. The summed E-state index contributed by atoms with van der Waals surface area (Å²) in [6.45, 7) is 0.241. The second kappa shape index (κ2) is 12.9. The third-order valence-electron chi connectivity index (χ3n) is 5.29. The number of methoxy groups -OCH3 is 3. The Morgan fingerprint density at radius 3 is 2.08 bits per heavy atom. The highest BCUT2D eigenvalue weighted by Gasteiger charge is 2.21. The Labute approximate surface area is 210 Å². The lowest BCUT2D eigenvalue weighted by Gasteiger charge is -2.23. The first kappa shape index (κ1) is 26.2. The molecule has 0 aliphatic rings. The van der Waals surface area contributed by atoms with Crippen LogP contribution < -0.4 is 18.9 Å². The summed E-state index contributed by atoms with van der Waals surface area (Å²) in [4.78, 5) is 26.0. The van der Waals surface area contributed by atoms with Gasteiger partial charge in [0.05, 0.1) is 21.3 Å². The van der Waals surface area contributed by atoms with Crippen molar-refractivity contribution in [2.24, 2.45) is 0 Å². The second-order valence-corrected chi connectivity index (χ2v) is 7.74. The number of nitrogens with zero attached hydrogens (tertiary/aromatic N) is 1. The minimum Gasteiger partial charge on any atom is -0.493 e. The molecule has 0 unspecified atom stereocenters. The molecule has 0 aliphatic carbocycles. The van der Waals surface area contributed by atoms with Crippen LogP contribution in [0.5, 0.6) is 23.0 Å². The summed E-state index contributed by atoms with van der Waals surface area (Å²) in [5.74, 6) is 0.348. The maximum Gasteiger partial charge on any atom is 0.341 e. The van der Waals surface area contributed by atoms with E-state index >= 15 is 0 Å². The van der Waals surface area contributed by atoms with Crippen LogP contribution in [0.2, 0.25) is 0 Å². The summed E-state index contributed by atoms with van der Waals surface area (Å²) in [7, 11) is 4.51. The van der Waals surface area contributed by atoms with Crippen molar-refractivity contribution >= 4 is 18.0 Å². The van der Waals surface area contributed by atoms with Gasteiger partial charge in [0, 0.05) is 18.7 Å². The number of aliphatic carboxylic acids is 1. The third-order valence-corrected chi connectivity index (χ3v) is 5.29. The van der Waals surface area contributed by atoms with Crippen LogP contribution in [0, 0.1) is 0 Å². The minimum atomic E-state index is -1.05. The molecule has 1 amide bonds. The molecule has 0 saturated heterocycles. The van der Waals surface area contributed by atoms with Crippen molar-refractivity contribution in [2.75, 3.05) is 34.5 Å². The van der Waals surface area contributed by atoms with Gasteiger partial charge in [0.15, 0.2) is 18.1 Å². The Bertz CT molecular complexity index is 1170. The SMILES string of the molecule is COc1cc(C(=O)N(CC=Cc2ccccc2)Cc2ccc(OCC(=O)O)cc2)cc(OC)c1OC. The van der Waals surface area contributed by atoms with Gasteiger partial charge in [-0.25, -0.2) is 4.79 Å². The van der Waals surface area contributed by atoms with Crippen LogP contribution in [-0.4, -0.2) is 56.4 Å². The van der Waals surface area contributed by atoms with E-state index in [1.54, 1.807) is 41.3 Å². The molecule has 0 spiro atoms. The number of amides is 1. The Balaban J connectivity index is 1.87. The van der Waals surface area contributed by atoms with Crippen molar-refractivity contribution in [2.45, 2.75) is 6.54 Å². The first-order valence-electron chi connectivity index (χ1n) is 11.2. The minimum absolute atomic E-state index is 0.224. The number of hydrogen-bond donors (Lipinski definition) is 1. The number of carbonyl (C=O) groups excluding carboxylic acids is 1. The molecule has 0 saturated carbocycles. The quantitative estimate of drug-likeness (QED) is 0.398. The number of carboxylic acid groups (broad SMARTS) is 1. The zero-order chi connectivity index (χ0) is 25.9. The molecule has 1 N–H and O–H groups in total. The van der Waals surface area contributed by atoms with Crippen LogP contribution in [-0.2, 0) is 11.3 Å². The summed E-state index contributed by atoms with van der Waals surface area (Å²) in [6, 6.07) is 20.0. The summed E-state index contributed by atoms with van der Waals surface area (Å²) < 4.78 is 21.4. The fraction of sp³-hybridized carbons (Fsp3) is 0.214. The molecule has 188 valence electrons. The molecule has 0 aliphatic heterocycles. The van der Waals surface area contributed by atoms with Gasteiger partial charge in [-0.05, 0) is 35.4 Å². The van der Waals surface area contributed by atoms with Crippen molar-refractivity contribution in [1.29, 1.82) is 0 Å². The Morgan fingerprint density at radius 1 is 0.889 bits per heavy atom. The van der Waals surface area contributed by atoms with Gasteiger partial charge in [0.25, 0.3) is 5.91 Å². The first-order valence-corrected chi connectivity index (χ1v) is 11.2. The van der Waals surface area contributed by atoms with Gasteiger partial charge in [0.1, 0.15) is 5.75 Å². The normalized spacial score (nSPS) is 10.6. The van der Waals surface area contributed by atoms with Gasteiger partial charge in [-0.2, -0.15) is 0 Å². The summed E-state index contributed by atoms with van der Waals surface area (Å²) in [5.41, 5.74) is 2.27. The van der Waals surface area contributed by atoms with E-state index < -0.39 is 12.6 Å². The molecule has 0 radical (unpaired) electrons. The fourth-order valence-electron chi connectivity index (χ4n) is 3.54. The lowest BCUT2D eigenvalue weighted by molar-refractivity contribution is -0.139. The highest BCUT2D eigenvalue weighted by molar-refractivity contribution is 5.95. The van der Waals surface area contributed by atoms with Gasteiger partial charge in [0.2, 0.25) is 5.75 Å². The van der Waals surface area contributed by atoms with Crippen molar-refractivity contribution in [1.82, 2.24) is 4.90 Å². The fourth-order valence-corrected chi connectivity index (χ4v) is 3.54. The molecule has 3 aromatic rings. The number of ether oxygens (including phenoxy) is 4. The maximum absolute atomic E-state index is 13.6. The number of rotatable bonds is 12. The third kappa shape index (κ3) is 7.02. The highest BCUT2D eigenvalue weighted by atomic mass is 16.5. The number of hydrogen-bond acceptors (Lipinski definition) is 6. The monoisotopic (exact) mass is 491 g/mol. The molecular formula is C28H29NO7. The van der Waals surface area contributed by atoms with Gasteiger partial charge < -0.3 is 29.0 Å². The van der Waals surface area contributed by atoms with E-state index in [1.807, 2.05) is 42.5 Å². The van der Waals surface area contributed by atoms with Crippen LogP contribution in [0.25, 0.3) is 6.08 Å². The van der Waals surface area contributed by atoms with Crippen molar-refractivity contribution in [3.63, 3.8) is 0 Å². The van der Waals surface area contributed by atoms with E-state index in [-0.39, 0.29) is 5.91 Å². The topological polar surface area (TPSA) is 94.5 Å². The average Bonchev–Trinajstić information content (AvgIpc) is 2.91. The predicted molar refractivity (Wildman–Crippen MR) is 136 cm³/mol. The molecule has 0 heterocycles. The second-order valence-electron chi connectivity index (χ2n) is 7.74. The van der Waals surface area contributed by atoms with Crippen molar-refractivity contribution in [3.8, 4) is 23.0 Å². The van der Waals surface area contributed by atoms with Gasteiger partial charge in [-0.3, -0.25) is 4.79 Å². The Morgan fingerprint density at radius 2 is 1.53 bits per heavy atom. The van der Waals surface area contributed by atoms with E-state index in [1.165, 1.54) is 21.3 Å². The van der Waals surface area contributed by atoms with Gasteiger partial charge >= 0.3 is 5.97 Å². The maximum atomic E-state index is 13.6. The van der Waals surface area contributed by atoms with Crippen molar-refractivity contribution in [3.05, 3.63) is 89.5 Å². The summed E-state index contributed by atoms with van der Waals surface area (Å²) in [5, 5.41) is 8.79. The molecule has 8 heteroatoms. The van der Waals surface area contributed by atoms with Crippen LogP contribution in [0.3, 0.4) is 0 Å². The van der Waals surface area contributed by atoms with Crippen LogP contribution in [0.4, 0.5) is 0 Å². The highest BCUT2D eigenvalue weighted by Crippen LogP contribution is 2.38. The molecule has 3 aromatic carbocycles. The summed E-state index contributed by atoms with van der Waals surface area (Å²) in [6.07, 6.45) is 3.88.